The zero-order valence-corrected chi connectivity index (χ0v) is 9.48. The summed E-state index contributed by atoms with van der Waals surface area (Å²) in [5.41, 5.74) is 0.322. The smallest absolute Gasteiger partial charge is 0.337 e. The van der Waals surface area contributed by atoms with Gasteiger partial charge >= 0.3 is 5.97 Å². The number of carbonyl (C=O) groups is 1. The van der Waals surface area contributed by atoms with Crippen molar-refractivity contribution in [1.29, 1.82) is 0 Å². The predicted octanol–water partition coefficient (Wildman–Crippen LogP) is 2.60. The molecular weight excluding hydrogens is 232 g/mol. The molecule has 0 heterocycles. The highest BCUT2D eigenvalue weighted by Crippen LogP contribution is 2.23. The molecule has 2 aromatic carbocycles. The summed E-state index contributed by atoms with van der Waals surface area (Å²) in [6, 6.07) is 15.5. The maximum absolute atomic E-state index is 10.6. The molecule has 0 spiro atoms. The molecule has 0 fully saturated rings. The van der Waals surface area contributed by atoms with Crippen molar-refractivity contribution in [3.8, 4) is 11.5 Å². The minimum atomic E-state index is -1.50. The summed E-state index contributed by atoms with van der Waals surface area (Å²) in [5.74, 6) is 0.0123. The molecule has 0 saturated carbocycles. The van der Waals surface area contributed by atoms with E-state index in [0.717, 1.165) is 0 Å². The van der Waals surface area contributed by atoms with Gasteiger partial charge in [0.2, 0.25) is 0 Å². The van der Waals surface area contributed by atoms with Crippen LogP contribution in [0.15, 0.2) is 54.6 Å². The highest BCUT2D eigenvalue weighted by molar-refractivity contribution is 5.74. The third-order valence-corrected chi connectivity index (χ3v) is 2.41. The van der Waals surface area contributed by atoms with Crippen molar-refractivity contribution >= 4 is 5.97 Å². The molecular formula is C14H12O4. The summed E-state index contributed by atoms with van der Waals surface area (Å²) in [6.07, 6.45) is -1.50. The molecule has 4 nitrogen and oxygen atoms in total. The first-order chi connectivity index (χ1) is 8.66. The standard InChI is InChI=1S/C14H12O4/c15-13(14(16)17)10-6-8-12(9-7-10)18-11-4-2-1-3-5-11/h1-9,13,15H,(H,16,17)/t13-/m0/s1. The second kappa shape index (κ2) is 5.33. The average Bonchev–Trinajstić information content (AvgIpc) is 2.40. The van der Waals surface area contributed by atoms with E-state index in [0.29, 0.717) is 17.1 Å². The first-order valence-electron chi connectivity index (χ1n) is 5.40. The van der Waals surface area contributed by atoms with Crippen molar-refractivity contribution < 1.29 is 19.7 Å². The number of ether oxygens (including phenoxy) is 1. The maximum Gasteiger partial charge on any atom is 0.337 e. The molecule has 0 amide bonds. The number of rotatable bonds is 4. The molecule has 0 bridgehead atoms. The molecule has 1 atom stereocenters. The lowest BCUT2D eigenvalue weighted by Gasteiger charge is -2.08. The van der Waals surface area contributed by atoms with E-state index in [1.165, 1.54) is 12.1 Å². The van der Waals surface area contributed by atoms with Gasteiger partial charge in [0.1, 0.15) is 11.5 Å². The Kier molecular flexibility index (Phi) is 3.60. The maximum atomic E-state index is 10.6. The van der Waals surface area contributed by atoms with Crippen LogP contribution in [0.4, 0.5) is 0 Å². The molecule has 0 unspecified atom stereocenters. The zero-order chi connectivity index (χ0) is 13.0. The van der Waals surface area contributed by atoms with Crippen LogP contribution in [0.2, 0.25) is 0 Å². The van der Waals surface area contributed by atoms with Crippen molar-refractivity contribution in [1.82, 2.24) is 0 Å². The SMILES string of the molecule is O=C(O)[C@@H](O)c1ccc(Oc2ccccc2)cc1. The van der Waals surface area contributed by atoms with Crippen molar-refractivity contribution in [2.45, 2.75) is 6.10 Å². The van der Waals surface area contributed by atoms with E-state index in [9.17, 15) is 9.90 Å². The lowest BCUT2D eigenvalue weighted by Crippen LogP contribution is -2.09. The van der Waals surface area contributed by atoms with Crippen molar-refractivity contribution in [2.75, 3.05) is 0 Å². The number of benzene rings is 2. The minimum Gasteiger partial charge on any atom is -0.479 e. The molecule has 4 heteroatoms. The summed E-state index contributed by atoms with van der Waals surface area (Å²) in [6.45, 7) is 0. The quantitative estimate of drug-likeness (QED) is 0.867. The van der Waals surface area contributed by atoms with E-state index in [1.807, 2.05) is 30.3 Å². The van der Waals surface area contributed by atoms with Gasteiger partial charge in [-0.3, -0.25) is 0 Å². The third-order valence-electron chi connectivity index (χ3n) is 2.41. The van der Waals surface area contributed by atoms with Gasteiger partial charge in [-0.05, 0) is 29.8 Å². The average molecular weight is 244 g/mol. The molecule has 0 radical (unpaired) electrons. The second-order valence-corrected chi connectivity index (χ2v) is 3.72. The van der Waals surface area contributed by atoms with E-state index in [-0.39, 0.29) is 0 Å². The predicted molar refractivity (Wildman–Crippen MR) is 65.6 cm³/mol. The van der Waals surface area contributed by atoms with Gasteiger partial charge in [-0.1, -0.05) is 30.3 Å². The first-order valence-corrected chi connectivity index (χ1v) is 5.40. The fourth-order valence-corrected chi connectivity index (χ4v) is 1.49. The molecule has 0 aliphatic heterocycles. The van der Waals surface area contributed by atoms with Crippen molar-refractivity contribution in [3.63, 3.8) is 0 Å². The fourth-order valence-electron chi connectivity index (χ4n) is 1.49. The van der Waals surface area contributed by atoms with Gasteiger partial charge in [0, 0.05) is 0 Å². The Hall–Kier alpha value is -2.33. The summed E-state index contributed by atoms with van der Waals surface area (Å²) in [4.78, 5) is 10.6. The lowest BCUT2D eigenvalue weighted by molar-refractivity contribution is -0.146. The first kappa shape index (κ1) is 12.1. The summed E-state index contributed by atoms with van der Waals surface area (Å²) in [7, 11) is 0. The van der Waals surface area contributed by atoms with Crippen LogP contribution in [0.3, 0.4) is 0 Å². The number of para-hydroxylation sites is 1. The van der Waals surface area contributed by atoms with E-state index >= 15 is 0 Å². The Bertz CT molecular complexity index is 519. The highest BCUT2D eigenvalue weighted by Gasteiger charge is 2.15. The van der Waals surface area contributed by atoms with Gasteiger partial charge in [0.05, 0.1) is 0 Å². The van der Waals surface area contributed by atoms with Gasteiger partial charge in [0.25, 0.3) is 0 Å². The van der Waals surface area contributed by atoms with Crippen LogP contribution in [0.1, 0.15) is 11.7 Å². The summed E-state index contributed by atoms with van der Waals surface area (Å²) < 4.78 is 5.54. The number of carboxylic acids is 1. The molecule has 2 aromatic rings. The van der Waals surface area contributed by atoms with Crippen LogP contribution >= 0.6 is 0 Å². The van der Waals surface area contributed by atoms with Crippen LogP contribution in [-0.4, -0.2) is 16.2 Å². The minimum absolute atomic E-state index is 0.322. The van der Waals surface area contributed by atoms with Crippen LogP contribution < -0.4 is 4.74 Å². The molecule has 2 N–H and O–H groups in total. The van der Waals surface area contributed by atoms with Gasteiger partial charge in [-0.2, -0.15) is 0 Å². The number of aliphatic carboxylic acids is 1. The van der Waals surface area contributed by atoms with Gasteiger partial charge in [0.15, 0.2) is 6.10 Å². The fraction of sp³-hybridized carbons (Fsp3) is 0.0714. The number of aliphatic hydroxyl groups is 1. The van der Waals surface area contributed by atoms with E-state index in [2.05, 4.69) is 0 Å². The highest BCUT2D eigenvalue weighted by atomic mass is 16.5. The summed E-state index contributed by atoms with van der Waals surface area (Å²) in [5, 5.41) is 18.0. The molecule has 18 heavy (non-hydrogen) atoms. The van der Waals surface area contributed by atoms with Gasteiger partial charge < -0.3 is 14.9 Å². The normalized spacial score (nSPS) is 11.8. The van der Waals surface area contributed by atoms with Crippen molar-refractivity contribution in [2.24, 2.45) is 0 Å². The number of hydrogen-bond donors (Lipinski definition) is 2. The van der Waals surface area contributed by atoms with Crippen LogP contribution in [0, 0.1) is 0 Å². The van der Waals surface area contributed by atoms with Crippen LogP contribution in [0.5, 0.6) is 11.5 Å². The topological polar surface area (TPSA) is 66.8 Å². The largest absolute Gasteiger partial charge is 0.479 e. The molecule has 0 aliphatic rings. The molecule has 92 valence electrons. The Morgan fingerprint density at radius 2 is 1.50 bits per heavy atom. The van der Waals surface area contributed by atoms with E-state index < -0.39 is 12.1 Å². The molecule has 0 aromatic heterocycles. The third kappa shape index (κ3) is 2.87. The summed E-state index contributed by atoms with van der Waals surface area (Å²) >= 11 is 0. The van der Waals surface area contributed by atoms with Crippen LogP contribution in [-0.2, 0) is 4.79 Å². The monoisotopic (exact) mass is 244 g/mol. The van der Waals surface area contributed by atoms with Gasteiger partial charge in [-0.25, -0.2) is 4.79 Å². The zero-order valence-electron chi connectivity index (χ0n) is 9.48. The number of aliphatic hydroxyl groups excluding tert-OH is 1. The Labute approximate surface area is 104 Å². The van der Waals surface area contributed by atoms with Crippen LogP contribution in [0.25, 0.3) is 0 Å². The van der Waals surface area contributed by atoms with Gasteiger partial charge in [-0.15, -0.1) is 0 Å². The molecule has 0 aliphatic carbocycles. The Morgan fingerprint density at radius 1 is 0.944 bits per heavy atom. The Morgan fingerprint density at radius 3 is 2.06 bits per heavy atom. The van der Waals surface area contributed by atoms with E-state index in [4.69, 9.17) is 9.84 Å². The number of hydrogen-bond acceptors (Lipinski definition) is 3. The molecule has 0 saturated heterocycles. The second-order valence-electron chi connectivity index (χ2n) is 3.72. The van der Waals surface area contributed by atoms with Crippen molar-refractivity contribution in [3.05, 3.63) is 60.2 Å². The molecule has 2 rings (SSSR count). The lowest BCUT2D eigenvalue weighted by atomic mass is 10.1. The Balaban J connectivity index is 2.11. The number of carboxylic acid groups (broad SMARTS) is 1. The van der Waals surface area contributed by atoms with E-state index in [1.54, 1.807) is 12.1 Å².